The van der Waals surface area contributed by atoms with Gasteiger partial charge in [0.2, 0.25) is 0 Å². The highest BCUT2D eigenvalue weighted by Crippen LogP contribution is 2.32. The van der Waals surface area contributed by atoms with Crippen molar-refractivity contribution < 1.29 is 9.66 Å². The molecule has 0 saturated carbocycles. The predicted molar refractivity (Wildman–Crippen MR) is 88.2 cm³/mol. The Labute approximate surface area is 134 Å². The van der Waals surface area contributed by atoms with Crippen LogP contribution >= 0.6 is 11.3 Å². The smallest absolute Gasteiger partial charge is 0.270 e. The Hall–Kier alpha value is -2.74. The molecule has 0 fully saturated rings. The van der Waals surface area contributed by atoms with Gasteiger partial charge in [0.25, 0.3) is 11.2 Å². The maximum absolute atomic E-state index is 12.3. The predicted octanol–water partition coefficient (Wildman–Crippen LogP) is 3.27. The lowest BCUT2D eigenvalue weighted by Crippen LogP contribution is -2.09. The Morgan fingerprint density at radius 2 is 2.22 bits per heavy atom. The largest absolute Gasteiger partial charge is 0.493 e. The molecule has 0 unspecified atom stereocenters. The van der Waals surface area contributed by atoms with Gasteiger partial charge in [-0.15, -0.1) is 11.3 Å². The molecule has 0 radical (unpaired) electrons. The summed E-state index contributed by atoms with van der Waals surface area (Å²) in [6.45, 7) is 4.05. The molecule has 8 heteroatoms. The molecule has 2 aromatic heterocycles. The third-order valence-corrected chi connectivity index (χ3v) is 4.35. The number of rotatable bonds is 4. The van der Waals surface area contributed by atoms with Crippen LogP contribution in [0.1, 0.15) is 12.5 Å². The van der Waals surface area contributed by atoms with E-state index in [2.05, 4.69) is 9.97 Å². The molecule has 7 nitrogen and oxygen atoms in total. The fourth-order valence-electron chi connectivity index (χ4n) is 2.31. The monoisotopic (exact) mass is 331 g/mol. The quantitative estimate of drug-likeness (QED) is 0.584. The van der Waals surface area contributed by atoms with Crippen LogP contribution in [0.3, 0.4) is 0 Å². The van der Waals surface area contributed by atoms with Crippen LogP contribution in [0.2, 0.25) is 0 Å². The number of nitro groups is 1. The second kappa shape index (κ2) is 5.81. The third-order valence-electron chi connectivity index (χ3n) is 3.36. The summed E-state index contributed by atoms with van der Waals surface area (Å²) in [6.07, 6.45) is 0. The Morgan fingerprint density at radius 3 is 2.91 bits per heavy atom. The van der Waals surface area contributed by atoms with Crippen LogP contribution < -0.4 is 10.3 Å². The van der Waals surface area contributed by atoms with Crippen LogP contribution in [0.5, 0.6) is 5.75 Å². The molecule has 1 N–H and O–H groups in total. The molecular weight excluding hydrogens is 318 g/mol. The number of nitro benzene ring substituents is 1. The fourth-order valence-corrected chi connectivity index (χ4v) is 3.24. The SMILES string of the molecule is CCOc1ccc([N+](=O)[O-])cc1-c1nc2scc(C)c2c(=O)[nH]1. The van der Waals surface area contributed by atoms with Crippen LogP contribution in [-0.4, -0.2) is 21.5 Å². The summed E-state index contributed by atoms with van der Waals surface area (Å²) in [5.41, 5.74) is 0.895. The van der Waals surface area contributed by atoms with Crippen LogP contribution in [0.15, 0.2) is 28.4 Å². The van der Waals surface area contributed by atoms with E-state index in [0.29, 0.717) is 28.1 Å². The Morgan fingerprint density at radius 1 is 1.43 bits per heavy atom. The van der Waals surface area contributed by atoms with Crippen molar-refractivity contribution in [1.82, 2.24) is 9.97 Å². The number of nitrogens with zero attached hydrogens (tertiary/aromatic N) is 2. The van der Waals surface area contributed by atoms with E-state index >= 15 is 0 Å². The first-order chi connectivity index (χ1) is 11.0. The molecule has 0 amide bonds. The van der Waals surface area contributed by atoms with Crippen LogP contribution in [0.4, 0.5) is 5.69 Å². The molecule has 1 aromatic carbocycles. The number of nitrogens with one attached hydrogen (secondary N) is 1. The molecule has 0 aliphatic rings. The maximum atomic E-state index is 12.3. The minimum atomic E-state index is -0.495. The highest BCUT2D eigenvalue weighted by Gasteiger charge is 2.17. The van der Waals surface area contributed by atoms with Crippen molar-refractivity contribution >= 4 is 27.2 Å². The molecule has 0 bridgehead atoms. The van der Waals surface area contributed by atoms with E-state index in [4.69, 9.17) is 4.74 Å². The number of ether oxygens (including phenoxy) is 1. The number of hydrogen-bond acceptors (Lipinski definition) is 6. The lowest BCUT2D eigenvalue weighted by molar-refractivity contribution is -0.384. The molecule has 0 aliphatic carbocycles. The molecule has 118 valence electrons. The zero-order valence-electron chi connectivity index (χ0n) is 12.5. The van der Waals surface area contributed by atoms with Gasteiger partial charge in [-0.2, -0.15) is 0 Å². The average molecular weight is 331 g/mol. The number of H-pyrrole nitrogens is 1. The zero-order valence-corrected chi connectivity index (χ0v) is 13.3. The van der Waals surface area contributed by atoms with Crippen molar-refractivity contribution in [2.24, 2.45) is 0 Å². The number of thiophene rings is 1. The van der Waals surface area contributed by atoms with E-state index in [0.717, 1.165) is 5.56 Å². The Bertz CT molecular complexity index is 961. The van der Waals surface area contributed by atoms with E-state index in [1.165, 1.54) is 29.5 Å². The van der Waals surface area contributed by atoms with Crippen molar-refractivity contribution in [3.63, 3.8) is 0 Å². The molecule has 0 aliphatic heterocycles. The zero-order chi connectivity index (χ0) is 16.6. The molecular formula is C15H13N3O4S. The highest BCUT2D eigenvalue weighted by molar-refractivity contribution is 7.16. The first kappa shape index (κ1) is 15.2. The van der Waals surface area contributed by atoms with Crippen LogP contribution in [-0.2, 0) is 0 Å². The number of aryl methyl sites for hydroxylation is 1. The maximum Gasteiger partial charge on any atom is 0.270 e. The number of non-ortho nitro benzene ring substituents is 1. The number of benzene rings is 1. The second-order valence-electron chi connectivity index (χ2n) is 4.88. The van der Waals surface area contributed by atoms with Crippen molar-refractivity contribution in [1.29, 1.82) is 0 Å². The van der Waals surface area contributed by atoms with Crippen molar-refractivity contribution in [3.05, 3.63) is 49.6 Å². The highest BCUT2D eigenvalue weighted by atomic mass is 32.1. The standard InChI is InChI=1S/C15H13N3O4S/c1-3-22-11-5-4-9(18(20)21)6-10(11)13-16-14(19)12-8(2)7-23-15(12)17-13/h4-7H,3H2,1-2H3,(H,16,17,19). The summed E-state index contributed by atoms with van der Waals surface area (Å²) >= 11 is 1.36. The molecule has 23 heavy (non-hydrogen) atoms. The summed E-state index contributed by atoms with van der Waals surface area (Å²) < 4.78 is 5.50. The summed E-state index contributed by atoms with van der Waals surface area (Å²) in [5, 5.41) is 13.4. The van der Waals surface area contributed by atoms with Crippen LogP contribution in [0.25, 0.3) is 21.6 Å². The molecule has 3 rings (SSSR count). The van der Waals surface area contributed by atoms with Gasteiger partial charge in [0.05, 0.1) is 22.5 Å². The third kappa shape index (κ3) is 2.68. The van der Waals surface area contributed by atoms with Gasteiger partial charge < -0.3 is 9.72 Å². The van der Waals surface area contributed by atoms with E-state index in [9.17, 15) is 14.9 Å². The fraction of sp³-hybridized carbons (Fsp3) is 0.200. The lowest BCUT2D eigenvalue weighted by atomic mass is 10.1. The van der Waals surface area contributed by atoms with Crippen LogP contribution in [0, 0.1) is 17.0 Å². The van der Waals surface area contributed by atoms with Gasteiger partial charge in [0.15, 0.2) is 0 Å². The first-order valence-corrected chi connectivity index (χ1v) is 7.79. The molecule has 3 aromatic rings. The number of hydrogen-bond donors (Lipinski definition) is 1. The van der Waals surface area contributed by atoms with E-state index in [1.54, 1.807) is 0 Å². The van der Waals surface area contributed by atoms with E-state index in [1.807, 2.05) is 19.2 Å². The van der Waals surface area contributed by atoms with Crippen molar-refractivity contribution in [2.75, 3.05) is 6.61 Å². The summed E-state index contributed by atoms with van der Waals surface area (Å²) in [4.78, 5) is 30.5. The van der Waals surface area contributed by atoms with Gasteiger partial charge in [-0.3, -0.25) is 14.9 Å². The molecule has 0 saturated heterocycles. The van der Waals surface area contributed by atoms with Gasteiger partial charge in [-0.25, -0.2) is 4.98 Å². The minimum Gasteiger partial charge on any atom is -0.493 e. The van der Waals surface area contributed by atoms with Gasteiger partial charge in [0, 0.05) is 12.1 Å². The topological polar surface area (TPSA) is 98.1 Å². The average Bonchev–Trinajstić information content (AvgIpc) is 2.89. The van der Waals surface area contributed by atoms with Gasteiger partial charge in [-0.05, 0) is 30.9 Å². The molecule has 2 heterocycles. The number of aromatic nitrogens is 2. The van der Waals surface area contributed by atoms with Crippen molar-refractivity contribution in [2.45, 2.75) is 13.8 Å². The Kier molecular flexibility index (Phi) is 3.83. The normalized spacial score (nSPS) is 10.9. The first-order valence-electron chi connectivity index (χ1n) is 6.91. The van der Waals surface area contributed by atoms with Gasteiger partial charge >= 0.3 is 0 Å². The summed E-state index contributed by atoms with van der Waals surface area (Å²) in [5.74, 6) is 0.699. The van der Waals surface area contributed by atoms with Gasteiger partial charge in [-0.1, -0.05) is 0 Å². The number of aromatic amines is 1. The summed E-state index contributed by atoms with van der Waals surface area (Å²) in [6, 6.07) is 4.23. The van der Waals surface area contributed by atoms with Crippen molar-refractivity contribution in [3.8, 4) is 17.1 Å². The molecule has 0 atom stereocenters. The lowest BCUT2D eigenvalue weighted by Gasteiger charge is -2.09. The minimum absolute atomic E-state index is 0.0893. The van der Waals surface area contributed by atoms with E-state index in [-0.39, 0.29) is 17.1 Å². The Balaban J connectivity index is 2.25. The second-order valence-corrected chi connectivity index (χ2v) is 5.74. The number of fused-ring (bicyclic) bond motifs is 1. The van der Waals surface area contributed by atoms with Gasteiger partial charge in [0.1, 0.15) is 16.4 Å². The molecule has 0 spiro atoms. The van der Waals surface area contributed by atoms with E-state index < -0.39 is 4.92 Å². The summed E-state index contributed by atoms with van der Waals surface area (Å²) in [7, 11) is 0.